The summed E-state index contributed by atoms with van der Waals surface area (Å²) in [6.07, 6.45) is 1.39. The van der Waals surface area contributed by atoms with Crippen LogP contribution in [-0.4, -0.2) is 38.3 Å². The number of nitrogens with zero attached hydrogens (tertiary/aromatic N) is 5. The van der Waals surface area contributed by atoms with Crippen LogP contribution >= 0.6 is 11.6 Å². The topological polar surface area (TPSA) is 82.8 Å². The number of hydrogen-bond acceptors (Lipinski definition) is 6. The highest BCUT2D eigenvalue weighted by atomic mass is 35.5. The van der Waals surface area contributed by atoms with Crippen LogP contribution in [0.15, 0.2) is 12.3 Å². The molecule has 0 aliphatic rings. The van der Waals surface area contributed by atoms with Crippen LogP contribution in [-0.2, 0) is 11.3 Å². The lowest BCUT2D eigenvalue weighted by Gasteiger charge is -2.06. The van der Waals surface area contributed by atoms with E-state index in [2.05, 4.69) is 25.1 Å². The largest absolute Gasteiger partial charge is 0.464 e. The molecule has 0 bridgehead atoms. The predicted molar refractivity (Wildman–Crippen MR) is 62.2 cm³/mol. The second kappa shape index (κ2) is 5.09. The summed E-state index contributed by atoms with van der Waals surface area (Å²) in [4.78, 5) is 16.9. The van der Waals surface area contributed by atoms with Gasteiger partial charge in [0.1, 0.15) is 0 Å². The van der Waals surface area contributed by atoms with E-state index in [1.165, 1.54) is 18.1 Å². The fraction of sp³-hybridized carbons (Fsp3) is 0.300. The molecule has 8 heteroatoms. The van der Waals surface area contributed by atoms with Crippen LogP contribution in [0, 0.1) is 6.92 Å². The van der Waals surface area contributed by atoms with Crippen molar-refractivity contribution in [2.45, 2.75) is 13.5 Å². The van der Waals surface area contributed by atoms with E-state index >= 15 is 0 Å². The van der Waals surface area contributed by atoms with Gasteiger partial charge in [-0.1, -0.05) is 11.6 Å². The minimum atomic E-state index is -0.529. The number of carbonyl (C=O) groups is 1. The molecule has 0 saturated heterocycles. The minimum Gasteiger partial charge on any atom is -0.464 e. The maximum Gasteiger partial charge on any atom is 0.357 e. The predicted octanol–water partition coefficient (Wildman–Crippen LogP) is 0.865. The molecule has 2 aromatic rings. The molecule has 0 amide bonds. The van der Waals surface area contributed by atoms with Crippen LogP contribution in [0.3, 0.4) is 0 Å². The lowest BCUT2D eigenvalue weighted by Crippen LogP contribution is -2.13. The van der Waals surface area contributed by atoms with E-state index < -0.39 is 5.97 Å². The maximum atomic E-state index is 11.5. The highest BCUT2D eigenvalue weighted by Gasteiger charge is 2.15. The van der Waals surface area contributed by atoms with Gasteiger partial charge in [-0.05, 0) is 18.2 Å². The number of aryl methyl sites for hydroxylation is 1. The number of rotatable bonds is 3. The van der Waals surface area contributed by atoms with Crippen LogP contribution in [0.25, 0.3) is 0 Å². The van der Waals surface area contributed by atoms with Crippen LogP contribution in [0.2, 0.25) is 5.02 Å². The van der Waals surface area contributed by atoms with Crippen molar-refractivity contribution < 1.29 is 9.53 Å². The molecule has 0 aliphatic carbocycles. The van der Waals surface area contributed by atoms with E-state index in [1.54, 1.807) is 13.0 Å². The van der Waals surface area contributed by atoms with Gasteiger partial charge in [-0.3, -0.25) is 0 Å². The monoisotopic (exact) mass is 267 g/mol. The molecule has 0 saturated carbocycles. The average Bonchev–Trinajstić information content (AvgIpc) is 2.74. The molecule has 0 aliphatic heterocycles. The molecule has 0 aromatic carbocycles. The van der Waals surface area contributed by atoms with Crippen molar-refractivity contribution >= 4 is 17.6 Å². The maximum absolute atomic E-state index is 11.5. The second-order valence-electron chi connectivity index (χ2n) is 3.52. The number of aromatic nitrogens is 5. The number of ether oxygens (including phenoxy) is 1. The number of pyridine rings is 1. The Balaban J connectivity index is 2.36. The van der Waals surface area contributed by atoms with Crippen molar-refractivity contribution in [3.05, 3.63) is 34.4 Å². The molecule has 2 rings (SSSR count). The summed E-state index contributed by atoms with van der Waals surface area (Å²) in [5, 5.41) is 12.0. The molecule has 7 nitrogen and oxygen atoms in total. The molecule has 0 unspecified atom stereocenters. The zero-order chi connectivity index (χ0) is 13.1. The van der Waals surface area contributed by atoms with Gasteiger partial charge in [0.15, 0.2) is 11.5 Å². The molecule has 94 valence electrons. The summed E-state index contributed by atoms with van der Waals surface area (Å²) < 4.78 is 4.65. The lowest BCUT2D eigenvalue weighted by atomic mass is 10.2. The van der Waals surface area contributed by atoms with Gasteiger partial charge in [0.2, 0.25) is 0 Å². The van der Waals surface area contributed by atoms with Gasteiger partial charge in [0.05, 0.1) is 18.7 Å². The van der Waals surface area contributed by atoms with E-state index in [9.17, 15) is 4.79 Å². The summed E-state index contributed by atoms with van der Waals surface area (Å²) in [5.74, 6) is 0.0168. The van der Waals surface area contributed by atoms with Crippen molar-refractivity contribution in [3.8, 4) is 0 Å². The number of esters is 1. The third-order valence-corrected chi connectivity index (χ3v) is 2.38. The van der Waals surface area contributed by atoms with E-state index in [-0.39, 0.29) is 12.2 Å². The first kappa shape index (κ1) is 12.4. The molecular formula is C10H10ClN5O2. The van der Waals surface area contributed by atoms with Gasteiger partial charge in [0, 0.05) is 11.8 Å². The van der Waals surface area contributed by atoms with E-state index in [0.29, 0.717) is 16.4 Å². The summed E-state index contributed by atoms with van der Waals surface area (Å²) in [6, 6.07) is 1.62. The molecule has 0 spiro atoms. The number of carbonyl (C=O) groups excluding carboxylic acids is 1. The molecule has 2 aromatic heterocycles. The van der Waals surface area contributed by atoms with Crippen molar-refractivity contribution in [3.63, 3.8) is 0 Å². The van der Waals surface area contributed by atoms with Gasteiger partial charge in [-0.15, -0.1) is 10.2 Å². The smallest absolute Gasteiger partial charge is 0.357 e. The highest BCUT2D eigenvalue weighted by molar-refractivity contribution is 6.30. The van der Waals surface area contributed by atoms with E-state index in [4.69, 9.17) is 11.6 Å². The van der Waals surface area contributed by atoms with E-state index in [1.807, 2.05) is 0 Å². The van der Waals surface area contributed by atoms with Crippen LogP contribution in [0.1, 0.15) is 21.9 Å². The minimum absolute atomic E-state index is 0.192. The van der Waals surface area contributed by atoms with Crippen LogP contribution in [0.5, 0.6) is 0 Å². The molecule has 0 N–H and O–H groups in total. The Morgan fingerprint density at radius 3 is 2.94 bits per heavy atom. The number of halogens is 1. The Labute approximate surface area is 108 Å². The summed E-state index contributed by atoms with van der Waals surface area (Å²) in [5.41, 5.74) is 0.767. The zero-order valence-corrected chi connectivity index (χ0v) is 10.5. The van der Waals surface area contributed by atoms with E-state index in [0.717, 1.165) is 0 Å². The highest BCUT2D eigenvalue weighted by Crippen LogP contribution is 2.15. The molecule has 0 radical (unpaired) electrons. The summed E-state index contributed by atoms with van der Waals surface area (Å²) in [6.45, 7) is 1.97. The first-order valence-corrected chi connectivity index (χ1v) is 5.45. The molecule has 0 fully saturated rings. The molecular weight excluding hydrogens is 258 g/mol. The van der Waals surface area contributed by atoms with Crippen molar-refractivity contribution in [2.24, 2.45) is 0 Å². The van der Waals surface area contributed by atoms with Crippen LogP contribution < -0.4 is 0 Å². The lowest BCUT2D eigenvalue weighted by molar-refractivity contribution is 0.0592. The quantitative estimate of drug-likeness (QED) is 0.767. The first-order chi connectivity index (χ1) is 8.60. The SMILES string of the molecule is COC(=O)c1ncc(Cl)cc1Cn1nnc(C)n1. The Morgan fingerprint density at radius 1 is 1.56 bits per heavy atom. The number of methoxy groups -OCH3 is 1. The summed E-state index contributed by atoms with van der Waals surface area (Å²) in [7, 11) is 1.29. The fourth-order valence-electron chi connectivity index (χ4n) is 1.42. The van der Waals surface area contributed by atoms with Crippen molar-refractivity contribution in [1.82, 2.24) is 25.2 Å². The fourth-order valence-corrected chi connectivity index (χ4v) is 1.61. The Morgan fingerprint density at radius 2 is 2.33 bits per heavy atom. The third kappa shape index (κ3) is 2.62. The van der Waals surface area contributed by atoms with Gasteiger partial charge in [-0.25, -0.2) is 9.78 Å². The zero-order valence-electron chi connectivity index (χ0n) is 9.79. The summed E-state index contributed by atoms with van der Waals surface area (Å²) >= 11 is 5.86. The van der Waals surface area contributed by atoms with Crippen molar-refractivity contribution in [2.75, 3.05) is 7.11 Å². The normalized spacial score (nSPS) is 10.4. The number of tetrazole rings is 1. The third-order valence-electron chi connectivity index (χ3n) is 2.18. The van der Waals surface area contributed by atoms with Gasteiger partial charge in [0.25, 0.3) is 0 Å². The Kier molecular flexibility index (Phi) is 3.52. The first-order valence-electron chi connectivity index (χ1n) is 5.07. The Hall–Kier alpha value is -2.02. The van der Waals surface area contributed by atoms with Crippen LogP contribution in [0.4, 0.5) is 0 Å². The second-order valence-corrected chi connectivity index (χ2v) is 3.96. The molecule has 18 heavy (non-hydrogen) atoms. The number of hydrogen-bond donors (Lipinski definition) is 0. The molecule has 2 heterocycles. The standard InChI is InChI=1S/C10H10ClN5O2/c1-6-13-15-16(14-6)5-7-3-8(11)4-12-9(7)10(17)18-2/h3-4H,5H2,1-2H3. The van der Waals surface area contributed by atoms with Gasteiger partial charge in [-0.2, -0.15) is 4.80 Å². The van der Waals surface area contributed by atoms with Gasteiger partial charge >= 0.3 is 5.97 Å². The van der Waals surface area contributed by atoms with Gasteiger partial charge < -0.3 is 4.74 Å². The van der Waals surface area contributed by atoms with Crippen molar-refractivity contribution in [1.29, 1.82) is 0 Å². The molecule has 0 atom stereocenters. The Bertz CT molecular complexity index is 583. The average molecular weight is 268 g/mol.